The van der Waals surface area contributed by atoms with Crippen LogP contribution in [0.15, 0.2) is 83.3 Å². The predicted octanol–water partition coefficient (Wildman–Crippen LogP) is 5.81. The van der Waals surface area contributed by atoms with Crippen LogP contribution in [0, 0.1) is 0 Å². The molecule has 10 heteroatoms. The number of amides is 2. The van der Waals surface area contributed by atoms with E-state index in [4.69, 9.17) is 11.6 Å². The van der Waals surface area contributed by atoms with Gasteiger partial charge in [0.1, 0.15) is 6.04 Å². The number of nitrogens with one attached hydrogen (secondary N) is 1. The lowest BCUT2D eigenvalue weighted by molar-refractivity contribution is -0.141. The van der Waals surface area contributed by atoms with Gasteiger partial charge in [0.05, 0.1) is 11.9 Å². The van der Waals surface area contributed by atoms with E-state index in [1.165, 1.54) is 4.31 Å². The molecule has 3 aromatic rings. The lowest BCUT2D eigenvalue weighted by atomic mass is 10.0. The zero-order valence-corrected chi connectivity index (χ0v) is 26.0. The first-order valence-corrected chi connectivity index (χ1v) is 16.1. The van der Waals surface area contributed by atoms with Crippen molar-refractivity contribution in [2.24, 2.45) is 0 Å². The van der Waals surface area contributed by atoms with Crippen LogP contribution < -0.4 is 9.62 Å². The minimum absolute atomic E-state index is 0.0564. The highest BCUT2D eigenvalue weighted by atomic mass is 79.9. The molecule has 0 saturated heterocycles. The summed E-state index contributed by atoms with van der Waals surface area (Å²) in [4.78, 5) is 28.9. The van der Waals surface area contributed by atoms with Crippen LogP contribution >= 0.6 is 27.5 Å². The summed E-state index contributed by atoms with van der Waals surface area (Å²) >= 11 is 9.59. The van der Waals surface area contributed by atoms with E-state index in [1.807, 2.05) is 68.4 Å². The summed E-state index contributed by atoms with van der Waals surface area (Å²) in [6.45, 7) is 4.09. The summed E-state index contributed by atoms with van der Waals surface area (Å²) in [5, 5.41) is 3.39. The van der Waals surface area contributed by atoms with Gasteiger partial charge in [0.15, 0.2) is 0 Å². The SMILES string of the molecule is CC(C)NC(=O)[C@H](Cc1ccccc1)N(Cc1cccc(Br)c1)C(=O)CCCN(c1cccc(Cl)c1)S(C)(=O)=O. The van der Waals surface area contributed by atoms with Gasteiger partial charge in [-0.2, -0.15) is 0 Å². The molecule has 0 bridgehead atoms. The molecule has 0 radical (unpaired) electrons. The Hall–Kier alpha value is -2.88. The number of anilines is 1. The molecular formula is C30H35BrClN3O4S. The first-order chi connectivity index (χ1) is 18.9. The molecule has 0 spiro atoms. The average molecular weight is 649 g/mol. The molecule has 0 aliphatic heterocycles. The van der Waals surface area contributed by atoms with Gasteiger partial charge in [-0.3, -0.25) is 13.9 Å². The predicted molar refractivity (Wildman–Crippen MR) is 165 cm³/mol. The summed E-state index contributed by atoms with van der Waals surface area (Å²) in [7, 11) is -3.61. The number of hydrogen-bond donors (Lipinski definition) is 1. The second-order valence-corrected chi connectivity index (χ2v) is 13.2. The van der Waals surface area contributed by atoms with E-state index in [-0.39, 0.29) is 43.8 Å². The van der Waals surface area contributed by atoms with Crippen LogP contribution in [0.25, 0.3) is 0 Å². The van der Waals surface area contributed by atoms with E-state index in [9.17, 15) is 18.0 Å². The topological polar surface area (TPSA) is 86.8 Å². The van der Waals surface area contributed by atoms with Gasteiger partial charge in [-0.1, -0.05) is 76.1 Å². The molecule has 3 rings (SSSR count). The van der Waals surface area contributed by atoms with Gasteiger partial charge in [0.25, 0.3) is 0 Å². The van der Waals surface area contributed by atoms with Crippen molar-refractivity contribution in [2.45, 2.75) is 51.7 Å². The van der Waals surface area contributed by atoms with Gasteiger partial charge in [-0.15, -0.1) is 0 Å². The van der Waals surface area contributed by atoms with Crippen molar-refractivity contribution in [2.75, 3.05) is 17.1 Å². The van der Waals surface area contributed by atoms with Gasteiger partial charge < -0.3 is 10.2 Å². The Bertz CT molecular complexity index is 1400. The maximum absolute atomic E-state index is 13.8. The zero-order valence-electron chi connectivity index (χ0n) is 22.9. The van der Waals surface area contributed by atoms with Crippen LogP contribution in [0.2, 0.25) is 5.02 Å². The van der Waals surface area contributed by atoms with E-state index in [0.717, 1.165) is 21.9 Å². The molecule has 1 N–H and O–H groups in total. The molecule has 0 fully saturated rings. The van der Waals surface area contributed by atoms with Crippen molar-refractivity contribution in [3.63, 3.8) is 0 Å². The summed E-state index contributed by atoms with van der Waals surface area (Å²) in [5.74, 6) is -0.474. The molecule has 3 aromatic carbocycles. The fourth-order valence-corrected chi connectivity index (χ4v) is 5.99. The average Bonchev–Trinajstić information content (AvgIpc) is 2.88. The molecule has 0 aliphatic rings. The summed E-state index contributed by atoms with van der Waals surface area (Å²) in [6, 6.07) is 23.0. The number of rotatable bonds is 13. The summed E-state index contributed by atoms with van der Waals surface area (Å²) in [6.07, 6.45) is 1.79. The van der Waals surface area contributed by atoms with Crippen molar-refractivity contribution in [1.82, 2.24) is 10.2 Å². The van der Waals surface area contributed by atoms with Crippen molar-refractivity contribution < 1.29 is 18.0 Å². The molecule has 1 atom stereocenters. The van der Waals surface area contributed by atoms with Crippen LogP contribution in [0.4, 0.5) is 5.69 Å². The van der Waals surface area contributed by atoms with Gasteiger partial charge in [-0.05, 0) is 61.7 Å². The van der Waals surface area contributed by atoms with E-state index >= 15 is 0 Å². The largest absolute Gasteiger partial charge is 0.352 e. The number of nitrogens with zero attached hydrogens (tertiary/aromatic N) is 2. The third kappa shape index (κ3) is 9.64. The highest BCUT2D eigenvalue weighted by molar-refractivity contribution is 9.10. The normalized spacial score (nSPS) is 12.2. The van der Waals surface area contributed by atoms with Crippen molar-refractivity contribution in [3.8, 4) is 0 Å². The second-order valence-electron chi connectivity index (χ2n) is 9.94. The number of sulfonamides is 1. The number of carbonyl (C=O) groups excluding carboxylic acids is 2. The van der Waals surface area contributed by atoms with Crippen LogP contribution in [-0.4, -0.2) is 50.0 Å². The highest BCUT2D eigenvalue weighted by Gasteiger charge is 2.31. The Kier molecular flexibility index (Phi) is 11.6. The minimum Gasteiger partial charge on any atom is -0.352 e. The molecule has 214 valence electrons. The van der Waals surface area contributed by atoms with Crippen molar-refractivity contribution in [3.05, 3.63) is 99.5 Å². The lowest BCUT2D eigenvalue weighted by Gasteiger charge is -2.32. The lowest BCUT2D eigenvalue weighted by Crippen LogP contribution is -2.51. The maximum atomic E-state index is 13.8. The number of carbonyl (C=O) groups is 2. The van der Waals surface area contributed by atoms with Crippen LogP contribution in [-0.2, 0) is 32.6 Å². The first kappa shape index (κ1) is 31.6. The third-order valence-corrected chi connectivity index (χ3v) is 8.11. The Morgan fingerprint density at radius 1 is 0.950 bits per heavy atom. The number of hydrogen-bond acceptors (Lipinski definition) is 4. The molecule has 40 heavy (non-hydrogen) atoms. The van der Waals surface area contributed by atoms with Gasteiger partial charge >= 0.3 is 0 Å². The Labute approximate surface area is 250 Å². The maximum Gasteiger partial charge on any atom is 0.243 e. The monoisotopic (exact) mass is 647 g/mol. The molecular weight excluding hydrogens is 614 g/mol. The highest BCUT2D eigenvalue weighted by Crippen LogP contribution is 2.23. The van der Waals surface area contributed by atoms with Crippen LogP contribution in [0.3, 0.4) is 0 Å². The van der Waals surface area contributed by atoms with Gasteiger partial charge in [-0.25, -0.2) is 8.42 Å². The molecule has 0 unspecified atom stereocenters. The Morgan fingerprint density at radius 2 is 1.62 bits per heavy atom. The van der Waals surface area contributed by atoms with Crippen molar-refractivity contribution >= 4 is 55.1 Å². The first-order valence-electron chi connectivity index (χ1n) is 13.1. The van der Waals surface area contributed by atoms with Gasteiger partial charge in [0.2, 0.25) is 21.8 Å². The summed E-state index contributed by atoms with van der Waals surface area (Å²) in [5.41, 5.74) is 2.24. The molecule has 2 amide bonds. The standard InChI is InChI=1S/C30H35BrClN3O4S/c1-22(2)33-30(37)28(19-23-10-5-4-6-11-23)34(21-24-12-7-13-25(31)18-24)29(36)16-9-17-35(40(3,38)39)27-15-8-14-26(32)20-27/h4-8,10-15,18,20,22,28H,9,16-17,19,21H2,1-3H3,(H,33,37)/t28-/m0/s1. The Balaban J connectivity index is 1.88. The number of halogens is 2. The van der Waals surface area contributed by atoms with E-state index in [2.05, 4.69) is 21.2 Å². The third-order valence-electron chi connectivity index (χ3n) is 6.19. The van der Waals surface area contributed by atoms with E-state index in [0.29, 0.717) is 17.1 Å². The fraction of sp³-hybridized carbons (Fsp3) is 0.333. The number of benzene rings is 3. The van der Waals surface area contributed by atoms with Crippen LogP contribution in [0.1, 0.15) is 37.8 Å². The van der Waals surface area contributed by atoms with Crippen LogP contribution in [0.5, 0.6) is 0 Å². The quantitative estimate of drug-likeness (QED) is 0.253. The molecule has 7 nitrogen and oxygen atoms in total. The molecule has 0 aromatic heterocycles. The van der Waals surface area contributed by atoms with E-state index < -0.39 is 16.1 Å². The molecule has 0 heterocycles. The Morgan fingerprint density at radius 3 is 2.25 bits per heavy atom. The smallest absolute Gasteiger partial charge is 0.243 e. The van der Waals surface area contributed by atoms with E-state index in [1.54, 1.807) is 29.2 Å². The van der Waals surface area contributed by atoms with Gasteiger partial charge in [0, 0.05) is 41.5 Å². The molecule has 0 saturated carbocycles. The van der Waals surface area contributed by atoms with Crippen molar-refractivity contribution in [1.29, 1.82) is 0 Å². The summed E-state index contributed by atoms with van der Waals surface area (Å²) < 4.78 is 27.2. The minimum atomic E-state index is -3.61. The molecule has 0 aliphatic carbocycles. The second kappa shape index (κ2) is 14.7. The zero-order chi connectivity index (χ0) is 29.3. The fourth-order valence-electron chi connectivity index (χ4n) is 4.40.